The van der Waals surface area contributed by atoms with Crippen molar-refractivity contribution in [3.8, 4) is 5.69 Å². The Morgan fingerprint density at radius 3 is 2.23 bits per heavy atom. The first kappa shape index (κ1) is 22.6. The number of furan rings is 1. The first-order chi connectivity index (χ1) is 19.8. The van der Waals surface area contributed by atoms with Crippen LogP contribution in [0.4, 0.5) is 0 Å². The molecule has 190 valence electrons. The maximum absolute atomic E-state index is 5.94. The Morgan fingerprint density at radius 2 is 1.40 bits per heavy atom. The van der Waals surface area contributed by atoms with Crippen LogP contribution in [0.25, 0.3) is 44.2 Å². The predicted octanol–water partition coefficient (Wildman–Crippen LogP) is 8.66. The van der Waals surface area contributed by atoms with Crippen LogP contribution in [0.5, 0.6) is 0 Å². The van der Waals surface area contributed by atoms with Crippen molar-refractivity contribution in [2.75, 3.05) is 0 Å². The highest BCUT2D eigenvalue weighted by molar-refractivity contribution is 6.19. The average molecular weight is 516 g/mol. The molecule has 4 nitrogen and oxygen atoms in total. The molecule has 1 N–H and O–H groups in total. The van der Waals surface area contributed by atoms with Gasteiger partial charge in [0.05, 0.1) is 34.4 Å². The highest BCUT2D eigenvalue weighted by atomic mass is 16.3. The second kappa shape index (κ2) is 9.14. The van der Waals surface area contributed by atoms with Crippen molar-refractivity contribution in [2.24, 2.45) is 4.99 Å². The molecule has 0 amide bonds. The molecule has 0 radical (unpaired) electrons. The van der Waals surface area contributed by atoms with Gasteiger partial charge in [0.1, 0.15) is 11.4 Å². The van der Waals surface area contributed by atoms with E-state index in [0.29, 0.717) is 0 Å². The highest BCUT2D eigenvalue weighted by Crippen LogP contribution is 2.37. The zero-order chi connectivity index (χ0) is 26.5. The van der Waals surface area contributed by atoms with Crippen molar-refractivity contribution < 1.29 is 4.42 Å². The van der Waals surface area contributed by atoms with E-state index in [-0.39, 0.29) is 6.04 Å². The van der Waals surface area contributed by atoms with Gasteiger partial charge in [-0.25, -0.2) is 4.99 Å². The quantitative estimate of drug-likeness (QED) is 0.255. The van der Waals surface area contributed by atoms with Crippen LogP contribution in [0.2, 0.25) is 0 Å². The van der Waals surface area contributed by atoms with Crippen LogP contribution in [-0.4, -0.2) is 10.4 Å². The molecule has 0 saturated heterocycles. The Morgan fingerprint density at radius 1 is 0.650 bits per heavy atom. The summed E-state index contributed by atoms with van der Waals surface area (Å²) in [7, 11) is 0. The van der Waals surface area contributed by atoms with Gasteiger partial charge >= 0.3 is 0 Å². The number of hydrogen-bond donors (Lipinski definition) is 1. The third-order valence-electron chi connectivity index (χ3n) is 7.73. The Kier molecular flexibility index (Phi) is 5.17. The Labute approximate surface area is 231 Å². The zero-order valence-corrected chi connectivity index (χ0v) is 21.7. The first-order valence-corrected chi connectivity index (χ1v) is 13.5. The molecule has 0 bridgehead atoms. The molecular formula is C36H25N3O. The fourth-order valence-corrected chi connectivity index (χ4v) is 5.82. The van der Waals surface area contributed by atoms with Gasteiger partial charge in [0.25, 0.3) is 0 Å². The molecule has 5 aromatic carbocycles. The third-order valence-corrected chi connectivity index (χ3v) is 7.73. The molecule has 3 heterocycles. The largest absolute Gasteiger partial charge is 0.464 e. The summed E-state index contributed by atoms with van der Waals surface area (Å²) in [6.45, 7) is 0. The molecule has 0 saturated carbocycles. The van der Waals surface area contributed by atoms with Crippen LogP contribution in [0.15, 0.2) is 149 Å². The van der Waals surface area contributed by atoms with Crippen LogP contribution in [-0.2, 0) is 0 Å². The van der Waals surface area contributed by atoms with Crippen LogP contribution >= 0.6 is 0 Å². The van der Waals surface area contributed by atoms with Gasteiger partial charge < -0.3 is 14.3 Å². The minimum absolute atomic E-state index is 0.0247. The fourth-order valence-electron chi connectivity index (χ4n) is 5.82. The summed E-state index contributed by atoms with van der Waals surface area (Å²) in [6.07, 6.45) is 3.97. The molecule has 1 aliphatic rings. The molecule has 1 atom stereocenters. The molecule has 0 fully saturated rings. The SMILES string of the molecule is C1=C(c2ccccc2)N=C(c2ccc(-n3c4ccccc4c4c5occc5ccc43)cc2)NC1c1ccccc1. The van der Waals surface area contributed by atoms with Crippen molar-refractivity contribution in [3.05, 3.63) is 156 Å². The molecule has 1 aliphatic heterocycles. The molecular weight excluding hydrogens is 490 g/mol. The summed E-state index contributed by atoms with van der Waals surface area (Å²) in [5, 5.41) is 7.11. The number of fused-ring (bicyclic) bond motifs is 5. The predicted molar refractivity (Wildman–Crippen MR) is 164 cm³/mol. The lowest BCUT2D eigenvalue weighted by Gasteiger charge is -2.24. The van der Waals surface area contributed by atoms with Crippen LogP contribution in [0.3, 0.4) is 0 Å². The van der Waals surface area contributed by atoms with Gasteiger partial charge in [-0.1, -0.05) is 78.9 Å². The van der Waals surface area contributed by atoms with Crippen LogP contribution in [0, 0.1) is 0 Å². The number of hydrogen-bond acceptors (Lipinski definition) is 3. The molecule has 0 spiro atoms. The number of benzene rings is 5. The Balaban J connectivity index is 1.24. The first-order valence-electron chi connectivity index (χ1n) is 13.5. The van der Waals surface area contributed by atoms with E-state index in [1.54, 1.807) is 6.26 Å². The lowest BCUT2D eigenvalue weighted by Crippen LogP contribution is -2.31. The van der Waals surface area contributed by atoms with Gasteiger partial charge in [-0.3, -0.25) is 0 Å². The maximum Gasteiger partial charge on any atom is 0.143 e. The lowest BCUT2D eigenvalue weighted by molar-refractivity contribution is 0.619. The van der Waals surface area contributed by atoms with Gasteiger partial charge in [0.2, 0.25) is 0 Å². The van der Waals surface area contributed by atoms with Gasteiger partial charge in [0.15, 0.2) is 0 Å². The van der Waals surface area contributed by atoms with E-state index in [1.807, 2.05) is 18.2 Å². The summed E-state index contributed by atoms with van der Waals surface area (Å²) >= 11 is 0. The molecule has 0 aliphatic carbocycles. The van der Waals surface area contributed by atoms with Crippen molar-refractivity contribution >= 4 is 44.3 Å². The topological polar surface area (TPSA) is 42.5 Å². The van der Waals surface area contributed by atoms with E-state index in [0.717, 1.165) is 55.7 Å². The number of rotatable bonds is 4. The molecule has 4 heteroatoms. The zero-order valence-electron chi connectivity index (χ0n) is 21.7. The number of para-hydroxylation sites is 1. The van der Waals surface area contributed by atoms with Crippen LogP contribution in [0.1, 0.15) is 22.7 Å². The van der Waals surface area contributed by atoms with Crippen molar-refractivity contribution in [3.63, 3.8) is 0 Å². The molecule has 1 unspecified atom stereocenters. The number of aromatic nitrogens is 1. The summed E-state index contributed by atoms with van der Waals surface area (Å²) in [4.78, 5) is 5.07. The normalized spacial score (nSPS) is 15.2. The van der Waals surface area contributed by atoms with Crippen molar-refractivity contribution in [1.29, 1.82) is 0 Å². The number of aliphatic imine (C=N–C) groups is 1. The van der Waals surface area contributed by atoms with Gasteiger partial charge in [-0.2, -0.15) is 0 Å². The van der Waals surface area contributed by atoms with Crippen molar-refractivity contribution in [2.45, 2.75) is 6.04 Å². The Bertz CT molecular complexity index is 2060. The standard InChI is InChI=1S/C36H25N3O/c1-3-9-24(10-4-1)30-23-31(25-11-5-2-6-12-25)38-36(37-30)27-15-18-28(19-16-27)39-32-14-8-7-13-29(32)34-33(39)20-17-26-21-22-40-35(26)34/h1-23,30H,(H,37,38). The molecule has 2 aromatic heterocycles. The van der Waals surface area contributed by atoms with Gasteiger partial charge in [-0.05, 0) is 65.7 Å². The highest BCUT2D eigenvalue weighted by Gasteiger charge is 2.20. The minimum Gasteiger partial charge on any atom is -0.464 e. The summed E-state index contributed by atoms with van der Waals surface area (Å²) in [5.41, 5.74) is 8.62. The van der Waals surface area contributed by atoms with Crippen molar-refractivity contribution in [1.82, 2.24) is 9.88 Å². The van der Waals surface area contributed by atoms with E-state index >= 15 is 0 Å². The second-order valence-electron chi connectivity index (χ2n) is 10.1. The maximum atomic E-state index is 5.94. The number of amidine groups is 1. The van der Waals surface area contributed by atoms with E-state index in [2.05, 4.69) is 125 Å². The molecule has 7 aromatic rings. The summed E-state index contributed by atoms with van der Waals surface area (Å²) in [5.74, 6) is 0.862. The third kappa shape index (κ3) is 3.65. The lowest BCUT2D eigenvalue weighted by atomic mass is 10.0. The number of nitrogens with one attached hydrogen (secondary N) is 1. The van der Waals surface area contributed by atoms with E-state index in [9.17, 15) is 0 Å². The van der Waals surface area contributed by atoms with Gasteiger partial charge in [0, 0.05) is 22.0 Å². The summed E-state index contributed by atoms with van der Waals surface area (Å²) in [6, 6.07) is 44.4. The average Bonchev–Trinajstić information content (AvgIpc) is 3.64. The van der Waals surface area contributed by atoms with Gasteiger partial charge in [-0.15, -0.1) is 0 Å². The monoisotopic (exact) mass is 515 g/mol. The summed E-state index contributed by atoms with van der Waals surface area (Å²) < 4.78 is 8.25. The van der Waals surface area contributed by atoms with E-state index in [4.69, 9.17) is 9.41 Å². The fraction of sp³-hybridized carbons (Fsp3) is 0.0278. The minimum atomic E-state index is 0.0247. The smallest absolute Gasteiger partial charge is 0.143 e. The molecule has 40 heavy (non-hydrogen) atoms. The van der Waals surface area contributed by atoms with E-state index in [1.165, 1.54) is 10.9 Å². The molecule has 8 rings (SSSR count). The Hall–Kier alpha value is -5.35. The number of nitrogens with zero attached hydrogens (tertiary/aromatic N) is 2. The second-order valence-corrected chi connectivity index (χ2v) is 10.1. The van der Waals surface area contributed by atoms with E-state index < -0.39 is 0 Å². The van der Waals surface area contributed by atoms with Crippen LogP contribution < -0.4 is 5.32 Å².